The molecule has 0 saturated carbocycles. The molecule has 1 heterocycles. The monoisotopic (exact) mass is 240 g/mol. The van der Waals surface area contributed by atoms with Crippen molar-refractivity contribution in [2.24, 2.45) is 0 Å². The van der Waals surface area contributed by atoms with Crippen molar-refractivity contribution in [2.75, 3.05) is 19.6 Å². The largest absolute Gasteiger partial charge is 0.392 e. The molecule has 1 rings (SSSR count). The molecule has 3 N–H and O–H groups in total. The second-order valence-corrected chi connectivity index (χ2v) is 4.55. The van der Waals surface area contributed by atoms with Gasteiger partial charge in [0, 0.05) is 25.7 Å². The summed E-state index contributed by atoms with van der Waals surface area (Å²) in [5, 5.41) is 12.1. The standard InChI is InChI=1S/C6H14N2O4S.C2H6/c1-5(9)6-4-8(3-2-7-6)13(10,11)12;1-2/h5-7,9H,2-4H2,1H3,(H,10,11,12);1-2H3. The third-order valence-corrected chi connectivity index (χ3v) is 3.06. The first-order valence-corrected chi connectivity index (χ1v) is 6.45. The van der Waals surface area contributed by atoms with Gasteiger partial charge in [-0.15, -0.1) is 0 Å². The predicted octanol–water partition coefficient (Wildman–Crippen LogP) is -0.530. The van der Waals surface area contributed by atoms with E-state index in [1.54, 1.807) is 6.92 Å². The first kappa shape index (κ1) is 14.8. The number of nitrogens with zero attached hydrogens (tertiary/aromatic N) is 1. The highest BCUT2D eigenvalue weighted by Crippen LogP contribution is 2.06. The second kappa shape index (κ2) is 6.39. The van der Waals surface area contributed by atoms with Gasteiger partial charge >= 0.3 is 10.3 Å². The van der Waals surface area contributed by atoms with Crippen LogP contribution in [0.2, 0.25) is 0 Å². The lowest BCUT2D eigenvalue weighted by Crippen LogP contribution is -2.56. The number of aliphatic hydroxyl groups excluding tert-OH is 1. The van der Waals surface area contributed by atoms with E-state index in [0.717, 1.165) is 4.31 Å². The molecule has 92 valence electrons. The summed E-state index contributed by atoms with van der Waals surface area (Å²) >= 11 is 0. The fraction of sp³-hybridized carbons (Fsp3) is 1.00. The lowest BCUT2D eigenvalue weighted by atomic mass is 10.1. The number of hydrogen-bond acceptors (Lipinski definition) is 4. The minimum absolute atomic E-state index is 0.108. The molecule has 7 heteroatoms. The number of piperazine rings is 1. The van der Waals surface area contributed by atoms with E-state index in [2.05, 4.69) is 5.32 Å². The van der Waals surface area contributed by atoms with Gasteiger partial charge in [-0.1, -0.05) is 13.8 Å². The Hall–Kier alpha value is -0.210. The highest BCUT2D eigenvalue weighted by atomic mass is 32.2. The van der Waals surface area contributed by atoms with Crippen LogP contribution in [0.3, 0.4) is 0 Å². The molecule has 0 amide bonds. The summed E-state index contributed by atoms with van der Waals surface area (Å²) in [5.74, 6) is 0. The van der Waals surface area contributed by atoms with Crippen molar-refractivity contribution in [1.29, 1.82) is 0 Å². The molecular formula is C8H20N2O4S. The minimum Gasteiger partial charge on any atom is -0.392 e. The quantitative estimate of drug-likeness (QED) is 0.565. The zero-order chi connectivity index (χ0) is 12.1. The molecule has 1 saturated heterocycles. The lowest BCUT2D eigenvalue weighted by Gasteiger charge is -2.32. The summed E-state index contributed by atoms with van der Waals surface area (Å²) in [6, 6.07) is -0.310. The van der Waals surface area contributed by atoms with Gasteiger partial charge in [-0.25, -0.2) is 0 Å². The summed E-state index contributed by atoms with van der Waals surface area (Å²) in [6.07, 6.45) is -0.635. The molecule has 2 atom stereocenters. The van der Waals surface area contributed by atoms with E-state index >= 15 is 0 Å². The molecule has 0 aromatic heterocycles. The van der Waals surface area contributed by atoms with E-state index in [0.29, 0.717) is 6.54 Å². The Morgan fingerprint density at radius 2 is 2.00 bits per heavy atom. The predicted molar refractivity (Wildman–Crippen MR) is 57.9 cm³/mol. The van der Waals surface area contributed by atoms with Crippen LogP contribution in [0.5, 0.6) is 0 Å². The topological polar surface area (TPSA) is 89.9 Å². The normalized spacial score (nSPS) is 25.3. The van der Waals surface area contributed by atoms with Crippen molar-refractivity contribution < 1.29 is 18.1 Å². The van der Waals surface area contributed by atoms with Gasteiger partial charge in [0.05, 0.1) is 6.10 Å². The van der Waals surface area contributed by atoms with Crippen LogP contribution < -0.4 is 5.32 Å². The van der Waals surface area contributed by atoms with E-state index < -0.39 is 16.4 Å². The van der Waals surface area contributed by atoms with Crippen LogP contribution >= 0.6 is 0 Å². The summed E-state index contributed by atoms with van der Waals surface area (Å²) in [6.45, 7) is 6.36. The van der Waals surface area contributed by atoms with Gasteiger partial charge in [-0.3, -0.25) is 4.55 Å². The van der Waals surface area contributed by atoms with Crippen molar-refractivity contribution in [3.05, 3.63) is 0 Å². The van der Waals surface area contributed by atoms with E-state index in [9.17, 15) is 13.5 Å². The fourth-order valence-corrected chi connectivity index (χ4v) is 1.95. The molecule has 6 nitrogen and oxygen atoms in total. The number of aliphatic hydroxyl groups is 1. The Bertz CT molecular complexity index is 266. The maximum Gasteiger partial charge on any atom is 0.336 e. The van der Waals surface area contributed by atoms with Crippen molar-refractivity contribution in [2.45, 2.75) is 32.9 Å². The number of rotatable bonds is 2. The van der Waals surface area contributed by atoms with Crippen molar-refractivity contribution in [3.8, 4) is 0 Å². The molecule has 0 aromatic rings. The fourth-order valence-electron chi connectivity index (χ4n) is 1.28. The molecule has 1 aliphatic heterocycles. The Morgan fingerprint density at radius 3 is 2.40 bits per heavy atom. The Labute approximate surface area is 91.2 Å². The van der Waals surface area contributed by atoms with Gasteiger partial charge in [0.2, 0.25) is 0 Å². The molecule has 0 bridgehead atoms. The van der Waals surface area contributed by atoms with Gasteiger partial charge < -0.3 is 10.4 Å². The van der Waals surface area contributed by atoms with Crippen LogP contribution in [0.25, 0.3) is 0 Å². The summed E-state index contributed by atoms with van der Waals surface area (Å²) in [7, 11) is -4.11. The third-order valence-electron chi connectivity index (χ3n) is 2.08. The third kappa shape index (κ3) is 4.89. The molecule has 15 heavy (non-hydrogen) atoms. The van der Waals surface area contributed by atoms with Crippen molar-refractivity contribution in [3.63, 3.8) is 0 Å². The van der Waals surface area contributed by atoms with Gasteiger partial charge in [-0.2, -0.15) is 12.7 Å². The Balaban J connectivity index is 0.000000921. The van der Waals surface area contributed by atoms with Gasteiger partial charge in [0.1, 0.15) is 0 Å². The van der Waals surface area contributed by atoms with Crippen LogP contribution in [0, 0.1) is 0 Å². The lowest BCUT2D eigenvalue weighted by molar-refractivity contribution is 0.115. The first-order valence-electron chi connectivity index (χ1n) is 5.05. The maximum absolute atomic E-state index is 10.7. The van der Waals surface area contributed by atoms with E-state index in [4.69, 9.17) is 4.55 Å². The maximum atomic E-state index is 10.7. The molecule has 0 spiro atoms. The van der Waals surface area contributed by atoms with Crippen LogP contribution in [-0.4, -0.2) is 54.2 Å². The summed E-state index contributed by atoms with van der Waals surface area (Å²) < 4.78 is 31.1. The molecular weight excluding hydrogens is 220 g/mol. The van der Waals surface area contributed by atoms with Crippen LogP contribution in [0.4, 0.5) is 0 Å². The zero-order valence-electron chi connectivity index (χ0n) is 9.34. The van der Waals surface area contributed by atoms with Crippen molar-refractivity contribution in [1.82, 2.24) is 9.62 Å². The molecule has 0 aliphatic carbocycles. The van der Waals surface area contributed by atoms with Crippen LogP contribution in [-0.2, 0) is 10.3 Å². The van der Waals surface area contributed by atoms with Crippen LogP contribution in [0.1, 0.15) is 20.8 Å². The minimum atomic E-state index is -4.11. The highest BCUT2D eigenvalue weighted by Gasteiger charge is 2.28. The Morgan fingerprint density at radius 1 is 1.47 bits per heavy atom. The number of hydrogen-bond donors (Lipinski definition) is 3. The Kier molecular flexibility index (Phi) is 6.30. The summed E-state index contributed by atoms with van der Waals surface area (Å²) in [4.78, 5) is 0. The molecule has 0 aromatic carbocycles. The van der Waals surface area contributed by atoms with Gasteiger partial charge in [0.25, 0.3) is 0 Å². The first-order chi connectivity index (χ1) is 6.91. The smallest absolute Gasteiger partial charge is 0.336 e. The van der Waals surface area contributed by atoms with E-state index in [1.807, 2.05) is 13.8 Å². The molecule has 2 unspecified atom stereocenters. The zero-order valence-corrected chi connectivity index (χ0v) is 10.2. The average Bonchev–Trinajstić information content (AvgIpc) is 2.20. The van der Waals surface area contributed by atoms with Gasteiger partial charge in [0.15, 0.2) is 0 Å². The van der Waals surface area contributed by atoms with Crippen molar-refractivity contribution >= 4 is 10.3 Å². The van der Waals surface area contributed by atoms with E-state index in [-0.39, 0.29) is 19.1 Å². The average molecular weight is 240 g/mol. The summed E-state index contributed by atoms with van der Waals surface area (Å²) in [5.41, 5.74) is 0. The SMILES string of the molecule is CC.CC(O)C1CN(S(=O)(=O)O)CCN1. The molecule has 1 fully saturated rings. The molecule has 1 aliphatic rings. The highest BCUT2D eigenvalue weighted by molar-refractivity contribution is 7.83. The second-order valence-electron chi connectivity index (χ2n) is 3.14. The van der Waals surface area contributed by atoms with E-state index in [1.165, 1.54) is 0 Å². The van der Waals surface area contributed by atoms with Crippen LogP contribution in [0.15, 0.2) is 0 Å². The van der Waals surface area contributed by atoms with Gasteiger partial charge in [-0.05, 0) is 6.92 Å². The molecule has 0 radical (unpaired) electrons. The number of nitrogens with one attached hydrogen (secondary N) is 1.